The molecule has 0 aromatic heterocycles. The first-order valence-electron chi connectivity index (χ1n) is 8.32. The smallest absolute Gasteiger partial charge is 0.0399 e. The third-order valence-corrected chi connectivity index (χ3v) is 4.98. The summed E-state index contributed by atoms with van der Waals surface area (Å²) >= 11 is 0. The number of nitrogens with one attached hydrogen (secondary N) is 1. The van der Waals surface area contributed by atoms with Crippen LogP contribution in [0.15, 0.2) is 54.6 Å². The molecular formula is C20H26N2. The van der Waals surface area contributed by atoms with Crippen LogP contribution in [0.4, 0.5) is 11.4 Å². The maximum Gasteiger partial charge on any atom is 0.0399 e. The van der Waals surface area contributed by atoms with Crippen LogP contribution in [0.2, 0.25) is 0 Å². The Morgan fingerprint density at radius 1 is 0.955 bits per heavy atom. The highest BCUT2D eigenvalue weighted by Gasteiger charge is 2.34. The summed E-state index contributed by atoms with van der Waals surface area (Å²) < 4.78 is 0. The Bertz CT molecular complexity index is 594. The summed E-state index contributed by atoms with van der Waals surface area (Å²) in [5, 5.41) is 3.03. The predicted molar refractivity (Wildman–Crippen MR) is 95.8 cm³/mol. The van der Waals surface area contributed by atoms with Crippen molar-refractivity contribution in [3.05, 3.63) is 60.2 Å². The van der Waals surface area contributed by atoms with Crippen LogP contribution in [-0.4, -0.2) is 20.6 Å². The SMILES string of the molecule is CN1CC2CCCC2c2ccccc21.CNc1ccccc1. The molecule has 2 aliphatic rings. The van der Waals surface area contributed by atoms with Crippen molar-refractivity contribution >= 4 is 11.4 Å². The summed E-state index contributed by atoms with van der Waals surface area (Å²) in [4.78, 5) is 2.43. The van der Waals surface area contributed by atoms with Crippen molar-refractivity contribution in [1.29, 1.82) is 0 Å². The summed E-state index contributed by atoms with van der Waals surface area (Å²) in [6.45, 7) is 1.27. The molecule has 2 aromatic rings. The van der Waals surface area contributed by atoms with Crippen LogP contribution in [-0.2, 0) is 0 Å². The second-order valence-corrected chi connectivity index (χ2v) is 6.35. The van der Waals surface area contributed by atoms with E-state index in [0.29, 0.717) is 0 Å². The normalized spacial score (nSPS) is 22.2. The van der Waals surface area contributed by atoms with E-state index >= 15 is 0 Å². The van der Waals surface area contributed by atoms with Crippen LogP contribution in [0.1, 0.15) is 30.7 Å². The molecule has 1 fully saturated rings. The van der Waals surface area contributed by atoms with Gasteiger partial charge in [0.15, 0.2) is 0 Å². The number of hydrogen-bond acceptors (Lipinski definition) is 2. The topological polar surface area (TPSA) is 15.3 Å². The molecule has 1 heterocycles. The van der Waals surface area contributed by atoms with Crippen LogP contribution >= 0.6 is 0 Å². The Balaban J connectivity index is 0.000000154. The van der Waals surface area contributed by atoms with Crippen LogP contribution in [0.25, 0.3) is 0 Å². The molecule has 0 saturated heterocycles. The van der Waals surface area contributed by atoms with Gasteiger partial charge in [-0.1, -0.05) is 42.8 Å². The molecule has 0 radical (unpaired) electrons. The number of fused-ring (bicyclic) bond motifs is 3. The monoisotopic (exact) mass is 294 g/mol. The van der Waals surface area contributed by atoms with Gasteiger partial charge in [0, 0.05) is 32.0 Å². The summed E-state index contributed by atoms with van der Waals surface area (Å²) in [6, 6.07) is 19.0. The minimum absolute atomic E-state index is 0.863. The number of benzene rings is 2. The molecule has 0 bridgehead atoms. The third-order valence-electron chi connectivity index (χ3n) is 4.98. The van der Waals surface area contributed by atoms with Crippen molar-refractivity contribution < 1.29 is 0 Å². The van der Waals surface area contributed by atoms with Crippen LogP contribution in [0.3, 0.4) is 0 Å². The number of nitrogens with zero attached hydrogens (tertiary/aromatic N) is 1. The van der Waals surface area contributed by atoms with E-state index in [-0.39, 0.29) is 0 Å². The standard InChI is InChI=1S/C13H17N.C7H9N/c1-14-9-10-5-4-7-11(10)12-6-2-3-8-13(12)14;1-8-7-5-3-2-4-6-7/h2-3,6,8,10-11H,4-5,7,9H2,1H3;2-6,8H,1H3. The van der Waals surface area contributed by atoms with Crippen molar-refractivity contribution in [1.82, 2.24) is 0 Å². The molecule has 1 N–H and O–H groups in total. The van der Waals surface area contributed by atoms with Crippen molar-refractivity contribution in [3.8, 4) is 0 Å². The van der Waals surface area contributed by atoms with Gasteiger partial charge in [-0.15, -0.1) is 0 Å². The first-order valence-corrected chi connectivity index (χ1v) is 8.32. The molecule has 116 valence electrons. The summed E-state index contributed by atoms with van der Waals surface area (Å²) in [6.07, 6.45) is 4.27. The number of para-hydroxylation sites is 2. The number of rotatable bonds is 1. The largest absolute Gasteiger partial charge is 0.388 e. The van der Waals surface area contributed by atoms with Crippen LogP contribution < -0.4 is 10.2 Å². The highest BCUT2D eigenvalue weighted by molar-refractivity contribution is 5.57. The average molecular weight is 294 g/mol. The van der Waals surface area contributed by atoms with E-state index in [0.717, 1.165) is 17.5 Å². The zero-order valence-electron chi connectivity index (χ0n) is 13.6. The van der Waals surface area contributed by atoms with Crippen molar-refractivity contribution in [2.24, 2.45) is 5.92 Å². The van der Waals surface area contributed by atoms with E-state index in [4.69, 9.17) is 0 Å². The molecule has 22 heavy (non-hydrogen) atoms. The van der Waals surface area contributed by atoms with Gasteiger partial charge in [-0.25, -0.2) is 0 Å². The lowest BCUT2D eigenvalue weighted by atomic mass is 9.84. The Hall–Kier alpha value is -1.96. The molecule has 0 amide bonds. The molecule has 1 aliphatic carbocycles. The Labute approximate surface area is 134 Å². The lowest BCUT2D eigenvalue weighted by Gasteiger charge is -2.36. The molecule has 2 atom stereocenters. The molecule has 2 nitrogen and oxygen atoms in total. The van der Waals surface area contributed by atoms with Crippen LogP contribution in [0.5, 0.6) is 0 Å². The van der Waals surface area contributed by atoms with Crippen molar-refractivity contribution in [2.45, 2.75) is 25.2 Å². The van der Waals surface area contributed by atoms with E-state index in [1.165, 1.54) is 31.5 Å². The summed E-state index contributed by atoms with van der Waals surface area (Å²) in [7, 11) is 4.14. The van der Waals surface area contributed by atoms with Gasteiger partial charge in [0.25, 0.3) is 0 Å². The van der Waals surface area contributed by atoms with Crippen molar-refractivity contribution in [2.75, 3.05) is 30.9 Å². The van der Waals surface area contributed by atoms with Gasteiger partial charge in [-0.2, -0.15) is 0 Å². The average Bonchev–Trinajstić information content (AvgIpc) is 3.05. The van der Waals surface area contributed by atoms with Crippen molar-refractivity contribution in [3.63, 3.8) is 0 Å². The Morgan fingerprint density at radius 2 is 1.68 bits per heavy atom. The second kappa shape index (κ2) is 6.87. The molecule has 2 unspecified atom stereocenters. The molecule has 2 heteroatoms. The van der Waals surface area contributed by atoms with E-state index in [1.54, 1.807) is 5.56 Å². The molecule has 0 spiro atoms. The van der Waals surface area contributed by atoms with Crippen LogP contribution in [0, 0.1) is 5.92 Å². The molecule has 4 rings (SSSR count). The summed E-state index contributed by atoms with van der Waals surface area (Å²) in [5.41, 5.74) is 4.23. The minimum Gasteiger partial charge on any atom is -0.388 e. The Morgan fingerprint density at radius 3 is 2.41 bits per heavy atom. The fourth-order valence-corrected chi connectivity index (χ4v) is 3.87. The lowest BCUT2D eigenvalue weighted by molar-refractivity contribution is 0.465. The van der Waals surface area contributed by atoms with E-state index in [9.17, 15) is 0 Å². The first-order chi connectivity index (χ1) is 10.8. The lowest BCUT2D eigenvalue weighted by Crippen LogP contribution is -2.32. The summed E-state index contributed by atoms with van der Waals surface area (Å²) in [5.74, 6) is 1.79. The number of anilines is 2. The van der Waals surface area contributed by atoms with Gasteiger partial charge in [0.05, 0.1) is 0 Å². The maximum atomic E-state index is 3.03. The quantitative estimate of drug-likeness (QED) is 0.816. The van der Waals surface area contributed by atoms with Gasteiger partial charge in [-0.3, -0.25) is 0 Å². The van der Waals surface area contributed by atoms with Gasteiger partial charge < -0.3 is 10.2 Å². The second-order valence-electron chi connectivity index (χ2n) is 6.35. The minimum atomic E-state index is 0.863. The third kappa shape index (κ3) is 3.11. The fourth-order valence-electron chi connectivity index (χ4n) is 3.87. The Kier molecular flexibility index (Phi) is 4.67. The molecule has 2 aromatic carbocycles. The highest BCUT2D eigenvalue weighted by Crippen LogP contribution is 2.46. The van der Waals surface area contributed by atoms with Gasteiger partial charge >= 0.3 is 0 Å². The van der Waals surface area contributed by atoms with Gasteiger partial charge in [0.1, 0.15) is 0 Å². The van der Waals surface area contributed by atoms with E-state index in [1.807, 2.05) is 37.4 Å². The fraction of sp³-hybridized carbons (Fsp3) is 0.400. The van der Waals surface area contributed by atoms with Gasteiger partial charge in [-0.05, 0) is 48.4 Å². The predicted octanol–water partition coefficient (Wildman–Crippen LogP) is 4.75. The zero-order valence-corrected chi connectivity index (χ0v) is 13.6. The molecule has 1 aliphatic heterocycles. The molecule has 1 saturated carbocycles. The molecular weight excluding hydrogens is 268 g/mol. The number of hydrogen-bond donors (Lipinski definition) is 1. The van der Waals surface area contributed by atoms with E-state index in [2.05, 4.69) is 41.5 Å². The maximum absolute atomic E-state index is 3.03. The van der Waals surface area contributed by atoms with E-state index < -0.39 is 0 Å². The van der Waals surface area contributed by atoms with Gasteiger partial charge in [0.2, 0.25) is 0 Å². The highest BCUT2D eigenvalue weighted by atomic mass is 15.1. The first kappa shape index (κ1) is 15.0. The zero-order chi connectivity index (χ0) is 15.4.